The van der Waals surface area contributed by atoms with E-state index in [-0.39, 0.29) is 5.91 Å². The SMILES string of the molecule is CC1CC1CN(C)CC(=O)Nc1cccc(N)c1. The van der Waals surface area contributed by atoms with Gasteiger partial charge in [0.2, 0.25) is 5.91 Å². The van der Waals surface area contributed by atoms with Gasteiger partial charge in [-0.3, -0.25) is 9.69 Å². The molecule has 1 aromatic carbocycles. The molecule has 2 atom stereocenters. The number of carbonyl (C=O) groups excluding carboxylic acids is 1. The molecule has 1 amide bonds. The summed E-state index contributed by atoms with van der Waals surface area (Å²) < 4.78 is 0. The van der Waals surface area contributed by atoms with Crippen molar-refractivity contribution in [1.82, 2.24) is 4.90 Å². The maximum Gasteiger partial charge on any atom is 0.238 e. The number of benzene rings is 1. The fourth-order valence-corrected chi connectivity index (χ4v) is 2.18. The van der Waals surface area contributed by atoms with Gasteiger partial charge in [0, 0.05) is 17.9 Å². The van der Waals surface area contributed by atoms with Crippen molar-refractivity contribution in [3.8, 4) is 0 Å². The molecule has 0 heterocycles. The molecule has 0 radical (unpaired) electrons. The molecule has 4 nitrogen and oxygen atoms in total. The Hall–Kier alpha value is -1.55. The van der Waals surface area contributed by atoms with Crippen molar-refractivity contribution in [2.45, 2.75) is 13.3 Å². The molecule has 2 rings (SSSR count). The van der Waals surface area contributed by atoms with Crippen molar-refractivity contribution < 1.29 is 4.79 Å². The average Bonchev–Trinajstić information content (AvgIpc) is 2.93. The zero-order valence-corrected chi connectivity index (χ0v) is 11.0. The summed E-state index contributed by atoms with van der Waals surface area (Å²) >= 11 is 0. The van der Waals surface area contributed by atoms with Crippen LogP contribution in [0.5, 0.6) is 0 Å². The number of nitrogens with zero attached hydrogens (tertiary/aromatic N) is 1. The van der Waals surface area contributed by atoms with Gasteiger partial charge in [-0.2, -0.15) is 0 Å². The predicted octanol–water partition coefficient (Wildman–Crippen LogP) is 1.80. The number of hydrogen-bond donors (Lipinski definition) is 2. The summed E-state index contributed by atoms with van der Waals surface area (Å²) in [5.74, 6) is 1.61. The van der Waals surface area contributed by atoms with Crippen LogP contribution < -0.4 is 11.1 Å². The van der Waals surface area contributed by atoms with Crippen molar-refractivity contribution in [3.05, 3.63) is 24.3 Å². The van der Waals surface area contributed by atoms with Gasteiger partial charge in [0.05, 0.1) is 6.54 Å². The van der Waals surface area contributed by atoms with Gasteiger partial charge in [-0.05, 0) is 43.5 Å². The molecule has 4 heteroatoms. The fraction of sp³-hybridized carbons (Fsp3) is 0.500. The Morgan fingerprint density at radius 1 is 1.56 bits per heavy atom. The summed E-state index contributed by atoms with van der Waals surface area (Å²) in [5, 5.41) is 2.86. The molecular formula is C14H21N3O. The van der Waals surface area contributed by atoms with Crippen LogP contribution in [0.4, 0.5) is 11.4 Å². The monoisotopic (exact) mass is 247 g/mol. The fourth-order valence-electron chi connectivity index (χ4n) is 2.18. The smallest absolute Gasteiger partial charge is 0.238 e. The van der Waals surface area contributed by atoms with Gasteiger partial charge in [0.15, 0.2) is 0 Å². The predicted molar refractivity (Wildman–Crippen MR) is 74.3 cm³/mol. The molecule has 2 unspecified atom stereocenters. The quantitative estimate of drug-likeness (QED) is 0.780. The molecule has 1 fully saturated rings. The first-order chi connectivity index (χ1) is 8.54. The van der Waals surface area contributed by atoms with E-state index >= 15 is 0 Å². The molecule has 1 saturated carbocycles. The minimum atomic E-state index is 0.0106. The van der Waals surface area contributed by atoms with Gasteiger partial charge in [0.25, 0.3) is 0 Å². The Kier molecular flexibility index (Phi) is 3.87. The van der Waals surface area contributed by atoms with Crippen molar-refractivity contribution in [3.63, 3.8) is 0 Å². The van der Waals surface area contributed by atoms with Crippen LogP contribution in [0.25, 0.3) is 0 Å². The molecule has 3 N–H and O–H groups in total. The van der Waals surface area contributed by atoms with E-state index in [2.05, 4.69) is 17.1 Å². The highest BCUT2D eigenvalue weighted by Crippen LogP contribution is 2.37. The molecule has 1 aromatic rings. The summed E-state index contributed by atoms with van der Waals surface area (Å²) in [6, 6.07) is 7.24. The van der Waals surface area contributed by atoms with E-state index in [0.717, 1.165) is 24.1 Å². The minimum Gasteiger partial charge on any atom is -0.399 e. The van der Waals surface area contributed by atoms with Gasteiger partial charge < -0.3 is 11.1 Å². The Morgan fingerprint density at radius 3 is 2.89 bits per heavy atom. The van der Waals surface area contributed by atoms with Gasteiger partial charge >= 0.3 is 0 Å². The largest absolute Gasteiger partial charge is 0.399 e. The Morgan fingerprint density at radius 2 is 2.28 bits per heavy atom. The highest BCUT2D eigenvalue weighted by Gasteiger charge is 2.33. The second-order valence-corrected chi connectivity index (χ2v) is 5.34. The lowest BCUT2D eigenvalue weighted by atomic mass is 10.3. The second-order valence-electron chi connectivity index (χ2n) is 5.34. The van der Waals surface area contributed by atoms with E-state index in [1.807, 2.05) is 19.2 Å². The Balaban J connectivity index is 1.77. The number of amides is 1. The summed E-state index contributed by atoms with van der Waals surface area (Å²) in [6.07, 6.45) is 1.29. The number of nitrogens with one attached hydrogen (secondary N) is 1. The summed E-state index contributed by atoms with van der Waals surface area (Å²) in [6.45, 7) is 3.69. The van der Waals surface area contributed by atoms with Gasteiger partial charge in [-0.25, -0.2) is 0 Å². The molecular weight excluding hydrogens is 226 g/mol. The van der Waals surface area contributed by atoms with Crippen LogP contribution in [0, 0.1) is 11.8 Å². The van der Waals surface area contributed by atoms with Crippen LogP contribution in [0.3, 0.4) is 0 Å². The van der Waals surface area contributed by atoms with E-state index in [1.165, 1.54) is 6.42 Å². The third-order valence-corrected chi connectivity index (χ3v) is 3.41. The van der Waals surface area contributed by atoms with Gasteiger partial charge in [-0.1, -0.05) is 13.0 Å². The lowest BCUT2D eigenvalue weighted by molar-refractivity contribution is -0.117. The molecule has 1 aliphatic carbocycles. The number of carbonyl (C=O) groups is 1. The third-order valence-electron chi connectivity index (χ3n) is 3.41. The molecule has 0 spiro atoms. The van der Waals surface area contributed by atoms with Crippen molar-refractivity contribution in [2.75, 3.05) is 31.2 Å². The first-order valence-electron chi connectivity index (χ1n) is 6.38. The molecule has 98 valence electrons. The molecule has 1 aliphatic rings. The van der Waals surface area contributed by atoms with Crippen LogP contribution in [-0.4, -0.2) is 30.9 Å². The molecule has 0 saturated heterocycles. The highest BCUT2D eigenvalue weighted by molar-refractivity contribution is 5.92. The molecule has 18 heavy (non-hydrogen) atoms. The number of likely N-dealkylation sites (N-methyl/N-ethyl adjacent to an activating group) is 1. The number of nitrogen functional groups attached to an aromatic ring is 1. The number of hydrogen-bond acceptors (Lipinski definition) is 3. The first-order valence-corrected chi connectivity index (χ1v) is 6.38. The standard InChI is InChI=1S/C14H21N3O/c1-10-6-11(10)8-17(2)9-14(18)16-13-5-3-4-12(15)7-13/h3-5,7,10-11H,6,8-9,15H2,1-2H3,(H,16,18). The van der Waals surface area contributed by atoms with Crippen LogP contribution in [0.2, 0.25) is 0 Å². The first kappa shape index (κ1) is 12.9. The number of rotatable bonds is 5. The van der Waals surface area contributed by atoms with Crippen LogP contribution in [0.1, 0.15) is 13.3 Å². The van der Waals surface area contributed by atoms with E-state index < -0.39 is 0 Å². The van der Waals surface area contributed by atoms with Gasteiger partial charge in [0.1, 0.15) is 0 Å². The van der Waals surface area contributed by atoms with Gasteiger partial charge in [-0.15, -0.1) is 0 Å². The summed E-state index contributed by atoms with van der Waals surface area (Å²) in [4.78, 5) is 13.9. The molecule has 0 bridgehead atoms. The van der Waals surface area contributed by atoms with Crippen LogP contribution in [0.15, 0.2) is 24.3 Å². The van der Waals surface area contributed by atoms with E-state index in [0.29, 0.717) is 12.2 Å². The maximum absolute atomic E-state index is 11.8. The molecule has 0 aliphatic heterocycles. The zero-order chi connectivity index (χ0) is 13.1. The Labute approximate surface area is 108 Å². The normalized spacial score (nSPS) is 21.9. The zero-order valence-electron chi connectivity index (χ0n) is 11.0. The van der Waals surface area contributed by atoms with E-state index in [4.69, 9.17) is 5.73 Å². The van der Waals surface area contributed by atoms with E-state index in [9.17, 15) is 4.79 Å². The topological polar surface area (TPSA) is 58.4 Å². The number of anilines is 2. The average molecular weight is 247 g/mol. The van der Waals surface area contributed by atoms with Crippen molar-refractivity contribution in [1.29, 1.82) is 0 Å². The van der Waals surface area contributed by atoms with E-state index in [1.54, 1.807) is 12.1 Å². The van der Waals surface area contributed by atoms with Crippen LogP contribution in [-0.2, 0) is 4.79 Å². The number of nitrogens with two attached hydrogens (primary N) is 1. The molecule has 0 aromatic heterocycles. The lowest BCUT2D eigenvalue weighted by Gasteiger charge is -2.16. The van der Waals surface area contributed by atoms with Crippen molar-refractivity contribution in [2.24, 2.45) is 11.8 Å². The second kappa shape index (κ2) is 5.40. The maximum atomic E-state index is 11.8. The summed E-state index contributed by atoms with van der Waals surface area (Å²) in [5.41, 5.74) is 7.08. The van der Waals surface area contributed by atoms with Crippen LogP contribution >= 0.6 is 0 Å². The highest BCUT2D eigenvalue weighted by atomic mass is 16.2. The summed E-state index contributed by atoms with van der Waals surface area (Å²) in [7, 11) is 1.99. The van der Waals surface area contributed by atoms with Crippen molar-refractivity contribution >= 4 is 17.3 Å². The Bertz CT molecular complexity index is 433. The third kappa shape index (κ3) is 3.74. The lowest BCUT2D eigenvalue weighted by Crippen LogP contribution is -2.31. The minimum absolute atomic E-state index is 0.0106.